The van der Waals surface area contributed by atoms with Crippen molar-refractivity contribution < 1.29 is 4.79 Å². The molecule has 0 spiro atoms. The van der Waals surface area contributed by atoms with Gasteiger partial charge in [-0.2, -0.15) is 0 Å². The van der Waals surface area contributed by atoms with Crippen LogP contribution < -0.4 is 11.1 Å². The third-order valence-electron chi connectivity index (χ3n) is 2.40. The van der Waals surface area contributed by atoms with Crippen LogP contribution >= 0.6 is 59.6 Å². The number of amides is 1. The van der Waals surface area contributed by atoms with E-state index in [0.717, 1.165) is 18.3 Å². The van der Waals surface area contributed by atoms with Gasteiger partial charge in [-0.15, -0.1) is 11.8 Å². The molecule has 0 saturated carbocycles. The van der Waals surface area contributed by atoms with E-state index in [9.17, 15) is 4.79 Å². The normalized spacial score (nSPS) is 10.4. The van der Waals surface area contributed by atoms with Crippen molar-refractivity contribution in [2.75, 3.05) is 16.8 Å². The number of nitrogens with zero attached hydrogens (tertiary/aromatic N) is 1. The maximum atomic E-state index is 12.0. The van der Waals surface area contributed by atoms with Crippen LogP contribution in [0.4, 0.5) is 11.5 Å². The molecule has 0 aliphatic rings. The molecule has 0 saturated heterocycles. The van der Waals surface area contributed by atoms with Gasteiger partial charge >= 0.3 is 0 Å². The predicted octanol–water partition coefficient (Wildman–Crippen LogP) is 4.68. The SMILES string of the molecule is Nc1ccc(SCC(=O)Nc2c(Br)cc(Br)cc2Br)cn1. The molecule has 0 unspecified atom stereocenters. The van der Waals surface area contributed by atoms with E-state index >= 15 is 0 Å². The molecule has 0 fully saturated rings. The summed E-state index contributed by atoms with van der Waals surface area (Å²) in [6.45, 7) is 0. The van der Waals surface area contributed by atoms with Crippen LogP contribution in [0, 0.1) is 0 Å². The van der Waals surface area contributed by atoms with Gasteiger partial charge in [-0.05, 0) is 56.1 Å². The highest BCUT2D eigenvalue weighted by Gasteiger charge is 2.11. The third-order valence-corrected chi connectivity index (χ3v) is 5.09. The summed E-state index contributed by atoms with van der Waals surface area (Å²) in [6.07, 6.45) is 1.65. The lowest BCUT2D eigenvalue weighted by Gasteiger charge is -2.10. The number of halogens is 3. The number of nitrogen functional groups attached to an aromatic ring is 1. The molecule has 0 aliphatic carbocycles. The zero-order valence-corrected chi connectivity index (χ0v) is 16.1. The smallest absolute Gasteiger partial charge is 0.234 e. The number of pyridine rings is 1. The van der Waals surface area contributed by atoms with E-state index < -0.39 is 0 Å². The van der Waals surface area contributed by atoms with Crippen LogP contribution in [-0.2, 0) is 4.79 Å². The first-order chi connectivity index (χ1) is 9.95. The molecular formula is C13H10Br3N3OS. The number of rotatable bonds is 4. The van der Waals surface area contributed by atoms with Gasteiger partial charge in [0.2, 0.25) is 5.91 Å². The quantitative estimate of drug-likeness (QED) is 0.604. The van der Waals surface area contributed by atoms with Crippen molar-refractivity contribution in [3.8, 4) is 0 Å². The molecule has 4 nitrogen and oxygen atoms in total. The van der Waals surface area contributed by atoms with Crippen molar-refractivity contribution in [3.05, 3.63) is 43.9 Å². The standard InChI is InChI=1S/C13H10Br3N3OS/c14-7-3-9(15)13(10(16)4-7)19-12(20)6-21-8-1-2-11(17)18-5-8/h1-5H,6H2,(H2,17,18)(H,19,20). The minimum Gasteiger partial charge on any atom is -0.384 e. The van der Waals surface area contributed by atoms with Crippen molar-refractivity contribution in [2.45, 2.75) is 4.90 Å². The van der Waals surface area contributed by atoms with Crippen molar-refractivity contribution in [2.24, 2.45) is 0 Å². The Hall–Kier alpha value is -0.570. The summed E-state index contributed by atoms with van der Waals surface area (Å²) in [4.78, 5) is 16.9. The second-order valence-corrected chi connectivity index (χ2v) is 7.67. The Kier molecular flexibility index (Phi) is 6.09. The molecule has 110 valence electrons. The summed E-state index contributed by atoms with van der Waals surface area (Å²) in [7, 11) is 0. The lowest BCUT2D eigenvalue weighted by Crippen LogP contribution is -2.14. The molecule has 8 heteroatoms. The number of nitrogens with two attached hydrogens (primary N) is 1. The van der Waals surface area contributed by atoms with Gasteiger partial charge < -0.3 is 11.1 Å². The largest absolute Gasteiger partial charge is 0.384 e. The van der Waals surface area contributed by atoms with Gasteiger partial charge in [-0.25, -0.2) is 4.98 Å². The van der Waals surface area contributed by atoms with Crippen LogP contribution in [0.2, 0.25) is 0 Å². The Labute approximate surface area is 151 Å². The molecule has 0 aliphatic heterocycles. The van der Waals surface area contributed by atoms with E-state index in [2.05, 4.69) is 58.1 Å². The maximum Gasteiger partial charge on any atom is 0.234 e. The number of anilines is 2. The summed E-state index contributed by atoms with van der Waals surface area (Å²) < 4.78 is 2.52. The Balaban J connectivity index is 1.97. The highest BCUT2D eigenvalue weighted by Crippen LogP contribution is 2.34. The summed E-state index contributed by atoms with van der Waals surface area (Å²) in [5.41, 5.74) is 6.22. The van der Waals surface area contributed by atoms with E-state index in [-0.39, 0.29) is 5.91 Å². The fraction of sp³-hybridized carbons (Fsp3) is 0.0769. The van der Waals surface area contributed by atoms with E-state index in [1.165, 1.54) is 11.8 Å². The topological polar surface area (TPSA) is 68.0 Å². The number of carbonyl (C=O) groups excluding carboxylic acids is 1. The molecule has 0 bridgehead atoms. The van der Waals surface area contributed by atoms with Gasteiger partial charge in [0.1, 0.15) is 5.82 Å². The average molecular weight is 496 g/mol. The molecule has 21 heavy (non-hydrogen) atoms. The Morgan fingerprint density at radius 1 is 1.24 bits per heavy atom. The summed E-state index contributed by atoms with van der Waals surface area (Å²) in [6, 6.07) is 7.29. The minimum atomic E-state index is -0.0967. The summed E-state index contributed by atoms with van der Waals surface area (Å²) in [5.74, 6) is 0.660. The van der Waals surface area contributed by atoms with Crippen LogP contribution in [0.3, 0.4) is 0 Å². The number of benzene rings is 1. The number of aromatic nitrogens is 1. The van der Waals surface area contributed by atoms with E-state index in [4.69, 9.17) is 5.73 Å². The van der Waals surface area contributed by atoms with Gasteiger partial charge in [0.05, 0.1) is 11.4 Å². The molecule has 1 aromatic heterocycles. The fourth-order valence-electron chi connectivity index (χ4n) is 1.46. The van der Waals surface area contributed by atoms with Gasteiger partial charge in [-0.1, -0.05) is 15.9 Å². The van der Waals surface area contributed by atoms with Gasteiger partial charge in [0.25, 0.3) is 0 Å². The Morgan fingerprint density at radius 3 is 2.48 bits per heavy atom. The van der Waals surface area contributed by atoms with Crippen LogP contribution in [0.15, 0.2) is 48.8 Å². The van der Waals surface area contributed by atoms with Crippen molar-refractivity contribution in [3.63, 3.8) is 0 Å². The van der Waals surface area contributed by atoms with E-state index in [0.29, 0.717) is 17.3 Å². The lowest BCUT2D eigenvalue weighted by molar-refractivity contribution is -0.113. The third kappa shape index (κ3) is 4.98. The maximum absolute atomic E-state index is 12.0. The zero-order chi connectivity index (χ0) is 15.4. The first-order valence-electron chi connectivity index (χ1n) is 5.74. The number of hydrogen-bond acceptors (Lipinski definition) is 4. The minimum absolute atomic E-state index is 0.0967. The molecule has 2 aromatic rings. The fourth-order valence-corrected chi connectivity index (χ4v) is 4.58. The summed E-state index contributed by atoms with van der Waals surface area (Å²) >= 11 is 11.6. The number of hydrogen-bond donors (Lipinski definition) is 2. The second kappa shape index (κ2) is 7.62. The van der Waals surface area contributed by atoms with Crippen molar-refractivity contribution in [1.82, 2.24) is 4.98 Å². The monoisotopic (exact) mass is 493 g/mol. The Bertz CT molecular complexity index is 641. The van der Waals surface area contributed by atoms with Crippen molar-refractivity contribution >= 4 is 77.0 Å². The molecule has 0 atom stereocenters. The van der Waals surface area contributed by atoms with Crippen molar-refractivity contribution in [1.29, 1.82) is 0 Å². The number of nitrogens with one attached hydrogen (secondary N) is 1. The van der Waals surface area contributed by atoms with Gasteiger partial charge in [0.15, 0.2) is 0 Å². The van der Waals surface area contributed by atoms with Crippen LogP contribution in [0.5, 0.6) is 0 Å². The van der Waals surface area contributed by atoms with Crippen LogP contribution in [-0.4, -0.2) is 16.6 Å². The molecule has 0 radical (unpaired) electrons. The molecular weight excluding hydrogens is 486 g/mol. The first-order valence-corrected chi connectivity index (χ1v) is 9.11. The van der Waals surface area contributed by atoms with Gasteiger partial charge in [-0.3, -0.25) is 4.79 Å². The van der Waals surface area contributed by atoms with Crippen LogP contribution in [0.25, 0.3) is 0 Å². The summed E-state index contributed by atoms with van der Waals surface area (Å²) in [5, 5.41) is 2.87. The molecule has 1 heterocycles. The zero-order valence-electron chi connectivity index (χ0n) is 10.6. The average Bonchev–Trinajstić information content (AvgIpc) is 2.42. The first kappa shape index (κ1) is 16.8. The lowest BCUT2D eigenvalue weighted by atomic mass is 10.3. The predicted molar refractivity (Wildman–Crippen MR) is 97.5 cm³/mol. The number of carbonyl (C=O) groups is 1. The molecule has 1 aromatic carbocycles. The molecule has 2 rings (SSSR count). The van der Waals surface area contributed by atoms with Gasteiger partial charge in [0, 0.05) is 24.5 Å². The highest BCUT2D eigenvalue weighted by molar-refractivity contribution is 9.11. The number of thioether (sulfide) groups is 1. The van der Waals surface area contributed by atoms with Crippen LogP contribution in [0.1, 0.15) is 0 Å². The van der Waals surface area contributed by atoms with E-state index in [1.807, 2.05) is 18.2 Å². The molecule has 3 N–H and O–H groups in total. The Morgan fingerprint density at radius 2 is 1.90 bits per heavy atom. The molecule has 1 amide bonds. The van der Waals surface area contributed by atoms with E-state index in [1.54, 1.807) is 12.3 Å². The second-order valence-electron chi connectivity index (χ2n) is 4.00. The highest BCUT2D eigenvalue weighted by atomic mass is 79.9.